The van der Waals surface area contributed by atoms with Gasteiger partial charge in [-0.05, 0) is 37.6 Å². The largest absolute Gasteiger partial charge is 0.494 e. The van der Waals surface area contributed by atoms with Gasteiger partial charge in [0, 0.05) is 24.5 Å². The predicted octanol–water partition coefficient (Wildman–Crippen LogP) is 3.75. The quantitative estimate of drug-likeness (QED) is 0.292. The summed E-state index contributed by atoms with van der Waals surface area (Å²) in [6.45, 7) is 2.30. The Hall–Kier alpha value is -3.94. The zero-order chi connectivity index (χ0) is 27.6. The van der Waals surface area contributed by atoms with Crippen LogP contribution in [0.2, 0.25) is 0 Å². The van der Waals surface area contributed by atoms with E-state index >= 15 is 0 Å². The fraction of sp³-hybridized carbons (Fsp3) is 0.375. The Bertz CT molecular complexity index is 1500. The van der Waals surface area contributed by atoms with Crippen LogP contribution in [0.5, 0.6) is 11.5 Å². The summed E-state index contributed by atoms with van der Waals surface area (Å²) in [5.74, 6) is 0.0855. The zero-order valence-electron chi connectivity index (χ0n) is 21.4. The van der Waals surface area contributed by atoms with E-state index in [-0.39, 0.29) is 17.3 Å². The van der Waals surface area contributed by atoms with Crippen molar-refractivity contribution in [2.75, 3.05) is 14.2 Å². The van der Waals surface area contributed by atoms with Crippen molar-refractivity contribution < 1.29 is 26.7 Å². The van der Waals surface area contributed by atoms with Gasteiger partial charge >= 0.3 is 6.55 Å². The fourth-order valence-electron chi connectivity index (χ4n) is 3.90. The molecule has 4 rings (SSSR count). The van der Waals surface area contributed by atoms with Crippen molar-refractivity contribution in [2.24, 2.45) is 0 Å². The highest BCUT2D eigenvalue weighted by molar-refractivity contribution is 7.91. The molecule has 0 aliphatic rings. The number of hydrogen-bond donors (Lipinski definition) is 0. The highest BCUT2D eigenvalue weighted by Gasteiger charge is 2.33. The highest BCUT2D eigenvalue weighted by atomic mass is 32.2. The molecule has 0 N–H and O–H groups in total. The molecule has 3 heterocycles. The summed E-state index contributed by atoms with van der Waals surface area (Å²) in [7, 11) is -0.968. The normalized spacial score (nSPS) is 13.5. The van der Waals surface area contributed by atoms with Gasteiger partial charge in [0.15, 0.2) is 21.5 Å². The first-order valence-electron chi connectivity index (χ1n) is 11.6. The van der Waals surface area contributed by atoms with E-state index in [0.29, 0.717) is 27.7 Å². The van der Waals surface area contributed by atoms with Gasteiger partial charge in [0.05, 0.1) is 19.5 Å². The van der Waals surface area contributed by atoms with Crippen LogP contribution in [-0.4, -0.2) is 62.4 Å². The minimum atomic E-state index is -3.85. The summed E-state index contributed by atoms with van der Waals surface area (Å²) in [6.07, 6.45) is 4.36. The molecule has 38 heavy (non-hydrogen) atoms. The van der Waals surface area contributed by atoms with Gasteiger partial charge in [0.2, 0.25) is 0 Å². The molecule has 0 saturated heterocycles. The van der Waals surface area contributed by atoms with Gasteiger partial charge < -0.3 is 9.47 Å². The van der Waals surface area contributed by atoms with Gasteiger partial charge in [0.25, 0.3) is 0 Å². The highest BCUT2D eigenvalue weighted by Crippen LogP contribution is 2.37. The number of aromatic nitrogens is 7. The van der Waals surface area contributed by atoms with Crippen molar-refractivity contribution in [1.29, 1.82) is 0 Å². The van der Waals surface area contributed by atoms with Crippen LogP contribution >= 0.6 is 0 Å². The second-order valence-electron chi connectivity index (χ2n) is 8.66. The molecule has 0 aliphatic heterocycles. The third-order valence-corrected chi connectivity index (χ3v) is 8.40. The third kappa shape index (κ3) is 5.21. The molecule has 1 aromatic carbocycles. The van der Waals surface area contributed by atoms with Crippen LogP contribution in [0.15, 0.2) is 42.9 Å². The smallest absolute Gasteiger partial charge is 0.333 e. The number of benzene rings is 1. The number of aryl methyl sites for hydroxylation is 1. The minimum absolute atomic E-state index is 0.0262. The number of alkyl halides is 2. The molecule has 0 amide bonds. The van der Waals surface area contributed by atoms with Crippen molar-refractivity contribution in [3.8, 4) is 28.7 Å². The molecule has 2 atom stereocenters. The predicted molar refractivity (Wildman–Crippen MR) is 134 cm³/mol. The van der Waals surface area contributed by atoms with Crippen molar-refractivity contribution >= 4 is 9.84 Å². The maximum absolute atomic E-state index is 13.6. The second kappa shape index (κ2) is 10.8. The van der Waals surface area contributed by atoms with Crippen molar-refractivity contribution in [3.63, 3.8) is 0 Å². The van der Waals surface area contributed by atoms with Crippen LogP contribution in [-0.2, 0) is 15.6 Å². The number of sulfone groups is 1. The van der Waals surface area contributed by atoms with Gasteiger partial charge in [-0.15, -0.1) is 10.2 Å². The average molecular weight is 548 g/mol. The molecule has 0 fully saturated rings. The standard InChI is InChI=1S/C24H27F2N7O4S/c1-14-11-27-22(28-12-14)15(2)16(3)38(34,35)13-20-29-30-23(17-9-10-32(31-17)24(25)26)33(20)21-18(36-4)7-6-8-19(21)37-5/h6-12,15-16,24H,13H2,1-5H3/t15-,16-/m0/s1. The molecule has 0 unspecified atom stereocenters. The number of methoxy groups -OCH3 is 2. The maximum Gasteiger partial charge on any atom is 0.333 e. The monoisotopic (exact) mass is 547 g/mol. The van der Waals surface area contributed by atoms with E-state index < -0.39 is 33.3 Å². The van der Waals surface area contributed by atoms with E-state index in [1.807, 2.05) is 6.92 Å². The van der Waals surface area contributed by atoms with E-state index in [2.05, 4.69) is 25.3 Å². The molecule has 0 bridgehead atoms. The minimum Gasteiger partial charge on any atom is -0.494 e. The SMILES string of the molecule is COc1cccc(OC)c1-n1c(CS(=O)(=O)[C@@H](C)[C@H](C)c2ncc(C)cn2)nnc1-c1ccn(C(F)F)n1. The van der Waals surface area contributed by atoms with Gasteiger partial charge in [-0.2, -0.15) is 13.9 Å². The molecule has 0 spiro atoms. The molecule has 14 heteroatoms. The summed E-state index contributed by atoms with van der Waals surface area (Å²) < 4.78 is 66.6. The van der Waals surface area contributed by atoms with Gasteiger partial charge in [-0.3, -0.25) is 4.57 Å². The Morgan fingerprint density at radius 1 is 1.00 bits per heavy atom. The van der Waals surface area contributed by atoms with Crippen molar-refractivity contribution in [1.82, 2.24) is 34.5 Å². The number of rotatable bonds is 10. The van der Waals surface area contributed by atoms with Crippen LogP contribution < -0.4 is 9.47 Å². The lowest BCUT2D eigenvalue weighted by Crippen LogP contribution is -2.27. The number of nitrogens with zero attached hydrogens (tertiary/aromatic N) is 7. The Morgan fingerprint density at radius 2 is 1.63 bits per heavy atom. The van der Waals surface area contributed by atoms with Crippen LogP contribution in [0.4, 0.5) is 8.78 Å². The average Bonchev–Trinajstić information content (AvgIpc) is 3.55. The van der Waals surface area contributed by atoms with Crippen molar-refractivity contribution in [2.45, 2.75) is 44.2 Å². The van der Waals surface area contributed by atoms with E-state index in [1.54, 1.807) is 44.4 Å². The first kappa shape index (κ1) is 27.1. The van der Waals surface area contributed by atoms with E-state index in [0.717, 1.165) is 11.8 Å². The molecular weight excluding hydrogens is 520 g/mol. The van der Waals surface area contributed by atoms with Gasteiger partial charge in [0.1, 0.15) is 34.5 Å². The lowest BCUT2D eigenvalue weighted by Gasteiger charge is -2.20. The Morgan fingerprint density at radius 3 is 2.18 bits per heavy atom. The molecule has 202 valence electrons. The van der Waals surface area contributed by atoms with Crippen LogP contribution in [0.1, 0.15) is 43.5 Å². The van der Waals surface area contributed by atoms with Gasteiger partial charge in [-0.25, -0.2) is 23.1 Å². The molecule has 0 radical (unpaired) electrons. The summed E-state index contributed by atoms with van der Waals surface area (Å²) >= 11 is 0. The van der Waals surface area contributed by atoms with Crippen LogP contribution in [0.25, 0.3) is 17.2 Å². The fourth-order valence-corrected chi connectivity index (χ4v) is 5.45. The van der Waals surface area contributed by atoms with Gasteiger partial charge in [-0.1, -0.05) is 13.0 Å². The maximum atomic E-state index is 13.6. The zero-order valence-corrected chi connectivity index (χ0v) is 22.2. The van der Waals surface area contributed by atoms with Crippen LogP contribution in [0, 0.1) is 6.92 Å². The number of ether oxygens (including phenoxy) is 2. The topological polar surface area (TPSA) is 127 Å². The first-order chi connectivity index (χ1) is 18.1. The Balaban J connectivity index is 1.82. The molecule has 11 nitrogen and oxygen atoms in total. The van der Waals surface area contributed by atoms with Crippen molar-refractivity contribution in [3.05, 3.63) is 60.1 Å². The molecule has 0 saturated carbocycles. The first-order valence-corrected chi connectivity index (χ1v) is 13.3. The third-order valence-electron chi connectivity index (χ3n) is 6.20. The van der Waals surface area contributed by atoms with E-state index in [9.17, 15) is 17.2 Å². The number of para-hydroxylation sites is 1. The molecular formula is C24H27F2N7O4S. The summed E-state index contributed by atoms with van der Waals surface area (Å²) in [4.78, 5) is 8.55. The summed E-state index contributed by atoms with van der Waals surface area (Å²) in [5.41, 5.74) is 1.22. The lowest BCUT2D eigenvalue weighted by molar-refractivity contribution is 0.0568. The summed E-state index contributed by atoms with van der Waals surface area (Å²) in [6, 6.07) is 6.33. The Kier molecular flexibility index (Phi) is 7.71. The summed E-state index contributed by atoms with van der Waals surface area (Å²) in [5, 5.41) is 11.3. The number of halogens is 2. The molecule has 0 aliphatic carbocycles. The van der Waals surface area contributed by atoms with Crippen LogP contribution in [0.3, 0.4) is 0 Å². The van der Waals surface area contributed by atoms with E-state index in [1.165, 1.54) is 24.9 Å². The number of hydrogen-bond acceptors (Lipinski definition) is 9. The lowest BCUT2D eigenvalue weighted by atomic mass is 10.1. The molecule has 4 aromatic rings. The van der Waals surface area contributed by atoms with E-state index in [4.69, 9.17) is 9.47 Å². The Labute approximate surface area is 218 Å². The molecule has 3 aromatic heterocycles. The second-order valence-corrected chi connectivity index (χ2v) is 11.0.